The van der Waals surface area contributed by atoms with Gasteiger partial charge < -0.3 is 9.42 Å². The van der Waals surface area contributed by atoms with E-state index in [-0.39, 0.29) is 5.91 Å². The molecule has 2 heterocycles. The van der Waals surface area contributed by atoms with Gasteiger partial charge in [-0.3, -0.25) is 4.79 Å². The van der Waals surface area contributed by atoms with E-state index in [4.69, 9.17) is 4.52 Å². The highest BCUT2D eigenvalue weighted by molar-refractivity contribution is 7.99. The molecule has 0 saturated heterocycles. The van der Waals surface area contributed by atoms with Gasteiger partial charge in [-0.15, -0.1) is 23.1 Å². The number of amides is 1. The predicted octanol–water partition coefficient (Wildman–Crippen LogP) is 4.33. The lowest BCUT2D eigenvalue weighted by Crippen LogP contribution is -2.30. The van der Waals surface area contributed by atoms with Gasteiger partial charge in [0.1, 0.15) is 0 Å². The molecule has 0 saturated carbocycles. The molecule has 7 heteroatoms. The molecule has 0 aliphatic heterocycles. The van der Waals surface area contributed by atoms with Gasteiger partial charge >= 0.3 is 0 Å². The minimum absolute atomic E-state index is 0.0989. The summed E-state index contributed by atoms with van der Waals surface area (Å²) in [6, 6.07) is 14.0. The van der Waals surface area contributed by atoms with Gasteiger partial charge in [0, 0.05) is 23.6 Å². The SMILES string of the molecule is CCN(Cc1nc(-c2cccs2)no1)C(=O)CCSc1ccccc1. The Labute approximate surface area is 155 Å². The van der Waals surface area contributed by atoms with Crippen molar-refractivity contribution in [2.75, 3.05) is 12.3 Å². The number of benzene rings is 1. The Kier molecular flexibility index (Phi) is 6.25. The van der Waals surface area contributed by atoms with Crippen LogP contribution >= 0.6 is 23.1 Å². The van der Waals surface area contributed by atoms with Crippen molar-refractivity contribution in [2.45, 2.75) is 24.8 Å². The first-order chi connectivity index (χ1) is 12.3. The number of aromatic nitrogens is 2. The van der Waals surface area contributed by atoms with Crippen LogP contribution in [0.3, 0.4) is 0 Å². The van der Waals surface area contributed by atoms with Gasteiger partial charge in [0.2, 0.25) is 17.6 Å². The molecule has 0 fully saturated rings. The first-order valence-electron chi connectivity index (χ1n) is 8.08. The molecule has 5 nitrogen and oxygen atoms in total. The third kappa shape index (κ3) is 4.93. The van der Waals surface area contributed by atoms with Crippen LogP contribution in [-0.2, 0) is 11.3 Å². The van der Waals surface area contributed by atoms with E-state index in [1.54, 1.807) is 28.0 Å². The number of thiophene rings is 1. The molecule has 0 atom stereocenters. The minimum atomic E-state index is 0.0989. The fourth-order valence-corrected chi connectivity index (χ4v) is 3.81. The average molecular weight is 374 g/mol. The van der Waals surface area contributed by atoms with Crippen molar-refractivity contribution in [1.82, 2.24) is 15.0 Å². The van der Waals surface area contributed by atoms with E-state index < -0.39 is 0 Å². The number of nitrogens with zero attached hydrogens (tertiary/aromatic N) is 3. The van der Waals surface area contributed by atoms with Crippen LogP contribution in [0.5, 0.6) is 0 Å². The van der Waals surface area contributed by atoms with Gasteiger partial charge in [-0.05, 0) is 30.5 Å². The maximum Gasteiger partial charge on any atom is 0.246 e. The molecule has 1 aromatic carbocycles. The van der Waals surface area contributed by atoms with E-state index in [1.807, 2.05) is 42.6 Å². The Morgan fingerprint density at radius 2 is 2.08 bits per heavy atom. The Balaban J connectivity index is 1.52. The highest BCUT2D eigenvalue weighted by Crippen LogP contribution is 2.22. The summed E-state index contributed by atoms with van der Waals surface area (Å²) >= 11 is 3.25. The van der Waals surface area contributed by atoms with Crippen molar-refractivity contribution in [3.63, 3.8) is 0 Å². The fourth-order valence-electron chi connectivity index (χ4n) is 2.30. The summed E-state index contributed by atoms with van der Waals surface area (Å²) in [6.07, 6.45) is 0.485. The molecule has 130 valence electrons. The Hall–Kier alpha value is -2.12. The molecule has 3 rings (SSSR count). The maximum absolute atomic E-state index is 12.4. The van der Waals surface area contributed by atoms with E-state index in [0.717, 1.165) is 10.6 Å². The second kappa shape index (κ2) is 8.82. The summed E-state index contributed by atoms with van der Waals surface area (Å²) in [5.74, 6) is 1.90. The van der Waals surface area contributed by atoms with Crippen LogP contribution in [0.2, 0.25) is 0 Å². The van der Waals surface area contributed by atoms with Gasteiger partial charge in [0.25, 0.3) is 0 Å². The lowest BCUT2D eigenvalue weighted by molar-refractivity contribution is -0.131. The average Bonchev–Trinajstić information content (AvgIpc) is 3.32. The van der Waals surface area contributed by atoms with Crippen LogP contribution in [-0.4, -0.2) is 33.2 Å². The van der Waals surface area contributed by atoms with Crippen molar-refractivity contribution in [3.05, 3.63) is 53.7 Å². The quantitative estimate of drug-likeness (QED) is 0.550. The summed E-state index contributed by atoms with van der Waals surface area (Å²) < 4.78 is 5.29. The van der Waals surface area contributed by atoms with E-state index in [9.17, 15) is 4.79 Å². The number of thioether (sulfide) groups is 1. The highest BCUT2D eigenvalue weighted by Gasteiger charge is 2.17. The molecule has 25 heavy (non-hydrogen) atoms. The van der Waals surface area contributed by atoms with Crippen molar-refractivity contribution in [3.8, 4) is 10.7 Å². The lowest BCUT2D eigenvalue weighted by Gasteiger charge is -2.18. The fraction of sp³-hybridized carbons (Fsp3) is 0.278. The summed E-state index contributed by atoms with van der Waals surface area (Å²) in [6.45, 7) is 2.92. The largest absolute Gasteiger partial charge is 0.337 e. The zero-order valence-electron chi connectivity index (χ0n) is 13.9. The standard InChI is InChI=1S/C18H19N3O2S2/c1-2-21(17(22)10-12-24-14-7-4-3-5-8-14)13-16-19-18(20-23-16)15-9-6-11-25-15/h3-9,11H,2,10,12-13H2,1H3. The summed E-state index contributed by atoms with van der Waals surface area (Å²) in [5.41, 5.74) is 0. The molecule has 0 spiro atoms. The molecule has 1 amide bonds. The molecule has 0 bridgehead atoms. The van der Waals surface area contributed by atoms with Crippen molar-refractivity contribution >= 4 is 29.0 Å². The van der Waals surface area contributed by atoms with Gasteiger partial charge in [-0.1, -0.05) is 29.4 Å². The second-order valence-electron chi connectivity index (χ2n) is 5.31. The Bertz CT molecular complexity index is 788. The van der Waals surface area contributed by atoms with Crippen LogP contribution in [0.4, 0.5) is 0 Å². The Morgan fingerprint density at radius 1 is 1.24 bits per heavy atom. The highest BCUT2D eigenvalue weighted by atomic mass is 32.2. The zero-order valence-corrected chi connectivity index (χ0v) is 15.6. The normalized spacial score (nSPS) is 10.8. The van der Waals surface area contributed by atoms with Gasteiger partial charge in [-0.25, -0.2) is 0 Å². The van der Waals surface area contributed by atoms with Gasteiger partial charge in [0.15, 0.2) is 0 Å². The molecular formula is C18H19N3O2S2. The van der Waals surface area contributed by atoms with Gasteiger partial charge in [0.05, 0.1) is 11.4 Å². The van der Waals surface area contributed by atoms with E-state index in [2.05, 4.69) is 22.3 Å². The molecule has 2 aromatic heterocycles. The number of rotatable bonds is 8. The molecule has 0 N–H and O–H groups in total. The van der Waals surface area contributed by atoms with Crippen molar-refractivity contribution in [1.29, 1.82) is 0 Å². The van der Waals surface area contributed by atoms with Crippen LogP contribution in [0.15, 0.2) is 57.3 Å². The summed E-state index contributed by atoms with van der Waals surface area (Å²) in [5, 5.41) is 5.96. The first-order valence-corrected chi connectivity index (χ1v) is 9.95. The number of carbonyl (C=O) groups excluding carboxylic acids is 1. The number of carbonyl (C=O) groups is 1. The van der Waals surface area contributed by atoms with Gasteiger partial charge in [-0.2, -0.15) is 4.98 Å². The molecular weight excluding hydrogens is 354 g/mol. The predicted molar refractivity (Wildman–Crippen MR) is 100 cm³/mol. The topological polar surface area (TPSA) is 59.2 Å². The van der Waals surface area contributed by atoms with E-state index >= 15 is 0 Å². The lowest BCUT2D eigenvalue weighted by atomic mass is 10.3. The van der Waals surface area contributed by atoms with Crippen LogP contribution in [0, 0.1) is 0 Å². The van der Waals surface area contributed by atoms with Crippen LogP contribution in [0.1, 0.15) is 19.2 Å². The monoisotopic (exact) mass is 373 g/mol. The molecule has 0 aliphatic rings. The van der Waals surface area contributed by atoms with Crippen molar-refractivity contribution < 1.29 is 9.32 Å². The van der Waals surface area contributed by atoms with Crippen LogP contribution in [0.25, 0.3) is 10.7 Å². The maximum atomic E-state index is 12.4. The number of hydrogen-bond acceptors (Lipinski definition) is 6. The van der Waals surface area contributed by atoms with Crippen molar-refractivity contribution in [2.24, 2.45) is 0 Å². The Morgan fingerprint density at radius 3 is 2.80 bits per heavy atom. The van der Waals surface area contributed by atoms with E-state index in [1.165, 1.54) is 4.90 Å². The second-order valence-corrected chi connectivity index (χ2v) is 7.42. The summed E-state index contributed by atoms with van der Waals surface area (Å²) in [4.78, 5) is 20.7. The molecule has 3 aromatic rings. The van der Waals surface area contributed by atoms with E-state index in [0.29, 0.717) is 31.2 Å². The third-order valence-corrected chi connectivity index (χ3v) is 5.48. The molecule has 0 unspecified atom stereocenters. The minimum Gasteiger partial charge on any atom is -0.337 e. The van der Waals surface area contributed by atoms with Crippen LogP contribution < -0.4 is 0 Å². The molecule has 0 aliphatic carbocycles. The third-order valence-electron chi connectivity index (χ3n) is 3.60. The zero-order chi connectivity index (χ0) is 17.5. The first kappa shape index (κ1) is 17.7. The number of hydrogen-bond donors (Lipinski definition) is 0. The molecule has 0 radical (unpaired) electrons. The summed E-state index contributed by atoms with van der Waals surface area (Å²) in [7, 11) is 0. The smallest absolute Gasteiger partial charge is 0.246 e.